The fourth-order valence-corrected chi connectivity index (χ4v) is 0.991. The Hall–Kier alpha value is -0.590. The van der Waals surface area contributed by atoms with E-state index >= 15 is 0 Å². The summed E-state index contributed by atoms with van der Waals surface area (Å²) in [6.07, 6.45) is 5.38. The summed E-state index contributed by atoms with van der Waals surface area (Å²) in [5.74, 6) is 0. The smallest absolute Gasteiger partial charge is 0.0443 e. The second kappa shape index (κ2) is 5.13. The summed E-state index contributed by atoms with van der Waals surface area (Å²) in [5.41, 5.74) is 1.67. The highest BCUT2D eigenvalue weighted by molar-refractivity contribution is 5.77. The van der Waals surface area contributed by atoms with Gasteiger partial charge < -0.3 is 0 Å². The van der Waals surface area contributed by atoms with Gasteiger partial charge in [-0.05, 0) is 24.3 Å². The molecule has 0 N–H and O–H groups in total. The molecular formula is C11H21N. The number of hydrogen-bond acceptors (Lipinski definition) is 1. The van der Waals surface area contributed by atoms with Gasteiger partial charge in [0.15, 0.2) is 0 Å². The lowest BCUT2D eigenvalue weighted by Crippen LogP contribution is -2.13. The average molecular weight is 167 g/mol. The molecule has 1 heterocycles. The predicted molar refractivity (Wildman–Crippen MR) is 56.9 cm³/mol. The van der Waals surface area contributed by atoms with E-state index in [-0.39, 0.29) is 0 Å². The summed E-state index contributed by atoms with van der Waals surface area (Å²) in [6, 6.07) is 0. The third kappa shape index (κ3) is 4.32. The Morgan fingerprint density at radius 1 is 1.33 bits per heavy atom. The van der Waals surface area contributed by atoms with Crippen LogP contribution in [0.1, 0.15) is 41.0 Å². The maximum atomic E-state index is 4.31. The predicted octanol–water partition coefficient (Wildman–Crippen LogP) is 3.46. The highest BCUT2D eigenvalue weighted by Crippen LogP contribution is 2.23. The standard InChI is InChI=1S/C9H15N.C2H6/c1-8-4-5-9(2,3)7-10-6-8;1-2/h4,6H,5,7H2,1-3H3;1-2H3. The number of hydrogen-bond donors (Lipinski definition) is 0. The Labute approximate surface area is 76.6 Å². The van der Waals surface area contributed by atoms with E-state index in [0.29, 0.717) is 5.41 Å². The lowest BCUT2D eigenvalue weighted by Gasteiger charge is -2.18. The van der Waals surface area contributed by atoms with Gasteiger partial charge in [-0.1, -0.05) is 33.8 Å². The quantitative estimate of drug-likeness (QED) is 0.524. The molecule has 0 saturated carbocycles. The Kier molecular flexibility index (Phi) is 4.87. The first kappa shape index (κ1) is 11.4. The summed E-state index contributed by atoms with van der Waals surface area (Å²) in [4.78, 5) is 4.31. The molecule has 0 aliphatic carbocycles. The highest BCUT2D eigenvalue weighted by Gasteiger charge is 2.16. The second-order valence-corrected chi connectivity index (χ2v) is 3.79. The molecule has 0 radical (unpaired) electrons. The summed E-state index contributed by atoms with van der Waals surface area (Å²) in [7, 11) is 0. The summed E-state index contributed by atoms with van der Waals surface area (Å²) in [5, 5.41) is 0. The lowest BCUT2D eigenvalue weighted by molar-refractivity contribution is 0.388. The molecule has 0 aromatic carbocycles. The minimum absolute atomic E-state index is 0.369. The van der Waals surface area contributed by atoms with E-state index in [9.17, 15) is 0 Å². The maximum Gasteiger partial charge on any atom is 0.0443 e. The van der Waals surface area contributed by atoms with Crippen LogP contribution in [0.3, 0.4) is 0 Å². The molecule has 0 bridgehead atoms. The molecule has 1 heteroatoms. The Bertz CT molecular complexity index is 175. The van der Waals surface area contributed by atoms with Crippen LogP contribution < -0.4 is 0 Å². The molecule has 1 nitrogen and oxygen atoms in total. The monoisotopic (exact) mass is 167 g/mol. The van der Waals surface area contributed by atoms with Crippen molar-refractivity contribution in [1.29, 1.82) is 0 Å². The van der Waals surface area contributed by atoms with Gasteiger partial charge in [0.2, 0.25) is 0 Å². The van der Waals surface area contributed by atoms with Crippen LogP contribution in [0.4, 0.5) is 0 Å². The van der Waals surface area contributed by atoms with Crippen molar-refractivity contribution in [2.24, 2.45) is 10.4 Å². The SMILES string of the molecule is CC.CC1=CCC(C)(C)CN=C1. The molecule has 0 aromatic heterocycles. The summed E-state index contributed by atoms with van der Waals surface area (Å²) < 4.78 is 0. The molecule has 0 atom stereocenters. The third-order valence-electron chi connectivity index (χ3n) is 1.79. The van der Waals surface area contributed by atoms with Crippen molar-refractivity contribution in [2.75, 3.05) is 6.54 Å². The van der Waals surface area contributed by atoms with Crippen molar-refractivity contribution in [3.8, 4) is 0 Å². The van der Waals surface area contributed by atoms with Gasteiger partial charge in [0.25, 0.3) is 0 Å². The Morgan fingerprint density at radius 2 is 1.92 bits per heavy atom. The van der Waals surface area contributed by atoms with E-state index in [1.54, 1.807) is 0 Å². The van der Waals surface area contributed by atoms with Crippen LogP contribution in [-0.4, -0.2) is 12.8 Å². The van der Waals surface area contributed by atoms with Crippen molar-refractivity contribution in [3.05, 3.63) is 11.6 Å². The molecule has 1 aliphatic rings. The van der Waals surface area contributed by atoms with Crippen LogP contribution >= 0.6 is 0 Å². The van der Waals surface area contributed by atoms with Crippen LogP contribution in [0.25, 0.3) is 0 Å². The van der Waals surface area contributed by atoms with Gasteiger partial charge in [-0.2, -0.15) is 0 Å². The fourth-order valence-electron chi connectivity index (χ4n) is 0.991. The summed E-state index contributed by atoms with van der Waals surface area (Å²) >= 11 is 0. The third-order valence-corrected chi connectivity index (χ3v) is 1.79. The molecule has 0 spiro atoms. The average Bonchev–Trinajstić information content (AvgIpc) is 2.17. The molecule has 1 rings (SSSR count). The first-order valence-corrected chi connectivity index (χ1v) is 4.77. The van der Waals surface area contributed by atoms with Crippen LogP contribution in [-0.2, 0) is 0 Å². The zero-order valence-corrected chi connectivity index (χ0v) is 9.02. The van der Waals surface area contributed by atoms with Crippen LogP contribution in [0.2, 0.25) is 0 Å². The molecule has 1 aliphatic heterocycles. The van der Waals surface area contributed by atoms with Crippen molar-refractivity contribution in [3.63, 3.8) is 0 Å². The van der Waals surface area contributed by atoms with Gasteiger partial charge in [-0.25, -0.2) is 0 Å². The van der Waals surface area contributed by atoms with Gasteiger partial charge in [-0.15, -0.1) is 0 Å². The number of nitrogens with zero attached hydrogens (tertiary/aromatic N) is 1. The fraction of sp³-hybridized carbons (Fsp3) is 0.727. The lowest BCUT2D eigenvalue weighted by atomic mass is 9.89. The highest BCUT2D eigenvalue weighted by atomic mass is 14.7. The molecular weight excluding hydrogens is 146 g/mol. The largest absolute Gasteiger partial charge is 0.292 e. The van der Waals surface area contributed by atoms with E-state index in [4.69, 9.17) is 0 Å². The molecule has 0 fully saturated rings. The van der Waals surface area contributed by atoms with Crippen molar-refractivity contribution < 1.29 is 0 Å². The molecule has 0 aromatic rings. The number of allylic oxidation sites excluding steroid dienone is 2. The zero-order valence-electron chi connectivity index (χ0n) is 9.02. The zero-order chi connectivity index (χ0) is 9.61. The first-order chi connectivity index (χ1) is 5.60. The minimum Gasteiger partial charge on any atom is -0.292 e. The normalized spacial score (nSPS) is 20.2. The molecule has 0 amide bonds. The first-order valence-electron chi connectivity index (χ1n) is 4.77. The minimum atomic E-state index is 0.369. The van der Waals surface area contributed by atoms with Gasteiger partial charge in [0.05, 0.1) is 0 Å². The van der Waals surface area contributed by atoms with Crippen LogP contribution in [0.15, 0.2) is 16.6 Å². The van der Waals surface area contributed by atoms with Gasteiger partial charge >= 0.3 is 0 Å². The molecule has 0 saturated heterocycles. The molecule has 70 valence electrons. The van der Waals surface area contributed by atoms with E-state index in [0.717, 1.165) is 13.0 Å². The Morgan fingerprint density at radius 3 is 2.50 bits per heavy atom. The van der Waals surface area contributed by atoms with Gasteiger partial charge in [0, 0.05) is 12.8 Å². The molecule has 12 heavy (non-hydrogen) atoms. The van der Waals surface area contributed by atoms with Crippen LogP contribution in [0.5, 0.6) is 0 Å². The van der Waals surface area contributed by atoms with E-state index in [1.807, 2.05) is 20.1 Å². The summed E-state index contributed by atoms with van der Waals surface area (Å²) in [6.45, 7) is 11.6. The van der Waals surface area contributed by atoms with E-state index < -0.39 is 0 Å². The Balaban J connectivity index is 0.000000561. The molecule has 0 unspecified atom stereocenters. The van der Waals surface area contributed by atoms with Gasteiger partial charge in [-0.3, -0.25) is 4.99 Å². The van der Waals surface area contributed by atoms with Crippen molar-refractivity contribution in [1.82, 2.24) is 0 Å². The van der Waals surface area contributed by atoms with Crippen LogP contribution in [0, 0.1) is 5.41 Å². The van der Waals surface area contributed by atoms with Gasteiger partial charge in [0.1, 0.15) is 0 Å². The topological polar surface area (TPSA) is 12.4 Å². The van der Waals surface area contributed by atoms with Crippen molar-refractivity contribution >= 4 is 6.21 Å². The van der Waals surface area contributed by atoms with E-state index in [1.165, 1.54) is 5.57 Å². The maximum absolute atomic E-state index is 4.31. The van der Waals surface area contributed by atoms with E-state index in [2.05, 4.69) is 31.8 Å². The number of aliphatic imine (C=N–C) groups is 1. The number of rotatable bonds is 0. The van der Waals surface area contributed by atoms with Crippen molar-refractivity contribution in [2.45, 2.75) is 41.0 Å². The second-order valence-electron chi connectivity index (χ2n) is 3.79.